The standard InChI is InChI=1S/C9H13IN2S/c10-7-6-12-8(13-7)9(11)4-2-1-3-5-9/h6H,1-5,11H2. The second kappa shape index (κ2) is 3.82. The number of nitrogens with two attached hydrogens (primary N) is 1. The van der Waals surface area contributed by atoms with Crippen molar-refractivity contribution in [1.82, 2.24) is 4.98 Å². The summed E-state index contributed by atoms with van der Waals surface area (Å²) < 4.78 is 1.24. The zero-order valence-corrected chi connectivity index (χ0v) is 10.4. The molecule has 1 aliphatic rings. The van der Waals surface area contributed by atoms with Gasteiger partial charge in [0, 0.05) is 0 Å². The van der Waals surface area contributed by atoms with Gasteiger partial charge >= 0.3 is 0 Å². The molecule has 0 spiro atoms. The minimum Gasteiger partial charge on any atom is -0.319 e. The van der Waals surface area contributed by atoms with Gasteiger partial charge in [-0.3, -0.25) is 0 Å². The lowest BCUT2D eigenvalue weighted by Crippen LogP contribution is -2.38. The fraction of sp³-hybridized carbons (Fsp3) is 0.667. The van der Waals surface area contributed by atoms with Crippen LogP contribution in [0.5, 0.6) is 0 Å². The molecule has 1 aromatic heterocycles. The number of thiazole rings is 1. The first-order valence-electron chi connectivity index (χ1n) is 4.61. The number of halogens is 1. The van der Waals surface area contributed by atoms with Gasteiger partial charge in [0.2, 0.25) is 0 Å². The number of aromatic nitrogens is 1. The maximum Gasteiger partial charge on any atom is 0.113 e. The van der Waals surface area contributed by atoms with E-state index in [1.807, 2.05) is 6.20 Å². The lowest BCUT2D eigenvalue weighted by Gasteiger charge is -2.31. The number of hydrogen-bond acceptors (Lipinski definition) is 3. The second-order valence-corrected chi connectivity index (χ2v) is 6.61. The predicted octanol–water partition coefficient (Wildman–Crippen LogP) is 2.87. The topological polar surface area (TPSA) is 38.9 Å². The number of rotatable bonds is 1. The Balaban J connectivity index is 2.22. The molecule has 0 unspecified atom stereocenters. The molecule has 1 aliphatic carbocycles. The Kier molecular flexibility index (Phi) is 2.90. The molecular weight excluding hydrogens is 295 g/mol. The highest BCUT2D eigenvalue weighted by Gasteiger charge is 2.31. The molecule has 0 aliphatic heterocycles. The third-order valence-electron chi connectivity index (χ3n) is 2.65. The van der Waals surface area contributed by atoms with E-state index in [1.165, 1.54) is 22.1 Å². The minimum absolute atomic E-state index is 0.105. The smallest absolute Gasteiger partial charge is 0.113 e. The monoisotopic (exact) mass is 308 g/mol. The maximum absolute atomic E-state index is 6.34. The van der Waals surface area contributed by atoms with Crippen LogP contribution >= 0.6 is 33.9 Å². The zero-order valence-electron chi connectivity index (χ0n) is 7.42. The molecular formula is C9H13IN2S. The summed E-state index contributed by atoms with van der Waals surface area (Å²) in [7, 11) is 0. The summed E-state index contributed by atoms with van der Waals surface area (Å²) in [5, 5.41) is 1.14. The molecule has 1 heterocycles. The molecule has 0 aromatic carbocycles. The van der Waals surface area contributed by atoms with Crippen LogP contribution in [-0.2, 0) is 5.54 Å². The van der Waals surface area contributed by atoms with Gasteiger partial charge in [-0.2, -0.15) is 0 Å². The van der Waals surface area contributed by atoms with Crippen LogP contribution in [0.2, 0.25) is 0 Å². The van der Waals surface area contributed by atoms with Gasteiger partial charge in [0.05, 0.1) is 14.6 Å². The Morgan fingerprint density at radius 3 is 2.62 bits per heavy atom. The third kappa shape index (κ3) is 2.05. The Bertz CT molecular complexity index is 292. The highest BCUT2D eigenvalue weighted by Crippen LogP contribution is 2.36. The van der Waals surface area contributed by atoms with Crippen LogP contribution in [0.4, 0.5) is 0 Å². The van der Waals surface area contributed by atoms with Crippen LogP contribution in [-0.4, -0.2) is 4.98 Å². The van der Waals surface area contributed by atoms with Crippen LogP contribution in [0.25, 0.3) is 0 Å². The molecule has 0 radical (unpaired) electrons. The van der Waals surface area contributed by atoms with E-state index >= 15 is 0 Å². The summed E-state index contributed by atoms with van der Waals surface area (Å²) in [5.41, 5.74) is 6.23. The van der Waals surface area contributed by atoms with Gasteiger partial charge < -0.3 is 5.73 Å². The fourth-order valence-electron chi connectivity index (χ4n) is 1.88. The maximum atomic E-state index is 6.34. The van der Waals surface area contributed by atoms with E-state index in [4.69, 9.17) is 5.73 Å². The molecule has 2 nitrogen and oxygen atoms in total. The van der Waals surface area contributed by atoms with Crippen molar-refractivity contribution in [2.45, 2.75) is 37.6 Å². The van der Waals surface area contributed by atoms with Crippen molar-refractivity contribution in [3.8, 4) is 0 Å². The van der Waals surface area contributed by atoms with Crippen molar-refractivity contribution in [1.29, 1.82) is 0 Å². The van der Waals surface area contributed by atoms with E-state index in [-0.39, 0.29) is 5.54 Å². The zero-order chi connectivity index (χ0) is 9.31. The van der Waals surface area contributed by atoms with Gasteiger partial charge in [-0.05, 0) is 35.4 Å². The van der Waals surface area contributed by atoms with Gasteiger partial charge in [-0.1, -0.05) is 19.3 Å². The number of hydrogen-bond donors (Lipinski definition) is 1. The quantitative estimate of drug-likeness (QED) is 0.810. The molecule has 0 bridgehead atoms. The average molecular weight is 308 g/mol. The van der Waals surface area contributed by atoms with Crippen molar-refractivity contribution in [2.75, 3.05) is 0 Å². The predicted molar refractivity (Wildman–Crippen MR) is 63.8 cm³/mol. The van der Waals surface area contributed by atoms with Crippen molar-refractivity contribution < 1.29 is 0 Å². The molecule has 4 heteroatoms. The Hall–Kier alpha value is 0.320. The van der Waals surface area contributed by atoms with Crippen molar-refractivity contribution in [2.24, 2.45) is 5.73 Å². The molecule has 13 heavy (non-hydrogen) atoms. The lowest BCUT2D eigenvalue weighted by atomic mass is 9.83. The average Bonchev–Trinajstić information content (AvgIpc) is 2.54. The summed E-state index contributed by atoms with van der Waals surface area (Å²) in [4.78, 5) is 4.40. The second-order valence-electron chi connectivity index (χ2n) is 3.69. The van der Waals surface area contributed by atoms with E-state index in [2.05, 4.69) is 27.6 Å². The lowest BCUT2D eigenvalue weighted by molar-refractivity contribution is 0.301. The summed E-state index contributed by atoms with van der Waals surface area (Å²) in [6.07, 6.45) is 7.98. The Morgan fingerprint density at radius 1 is 1.38 bits per heavy atom. The molecule has 72 valence electrons. The normalized spacial score (nSPS) is 21.7. The van der Waals surface area contributed by atoms with Crippen LogP contribution in [0.1, 0.15) is 37.1 Å². The van der Waals surface area contributed by atoms with E-state index in [0.717, 1.165) is 17.8 Å². The Morgan fingerprint density at radius 2 is 2.08 bits per heavy atom. The van der Waals surface area contributed by atoms with Crippen molar-refractivity contribution in [3.63, 3.8) is 0 Å². The minimum atomic E-state index is -0.105. The van der Waals surface area contributed by atoms with Gasteiger partial charge in [0.25, 0.3) is 0 Å². The molecule has 1 saturated carbocycles. The molecule has 1 aromatic rings. The summed E-state index contributed by atoms with van der Waals surface area (Å²) >= 11 is 4.05. The Labute approximate surface area is 96.1 Å². The van der Waals surface area contributed by atoms with Crippen LogP contribution in [0.15, 0.2) is 6.20 Å². The summed E-state index contributed by atoms with van der Waals surface area (Å²) in [6.45, 7) is 0. The number of nitrogens with zero attached hydrogens (tertiary/aromatic N) is 1. The van der Waals surface area contributed by atoms with Crippen LogP contribution in [0.3, 0.4) is 0 Å². The summed E-state index contributed by atoms with van der Waals surface area (Å²) in [6, 6.07) is 0. The van der Waals surface area contributed by atoms with E-state index < -0.39 is 0 Å². The first-order chi connectivity index (χ1) is 6.21. The van der Waals surface area contributed by atoms with Crippen LogP contribution in [0, 0.1) is 2.88 Å². The van der Waals surface area contributed by atoms with Gasteiger partial charge in [0.1, 0.15) is 5.01 Å². The van der Waals surface area contributed by atoms with E-state index in [0.29, 0.717) is 0 Å². The molecule has 0 atom stereocenters. The van der Waals surface area contributed by atoms with Gasteiger partial charge in [-0.25, -0.2) is 4.98 Å². The van der Waals surface area contributed by atoms with Gasteiger partial charge in [-0.15, -0.1) is 11.3 Å². The molecule has 2 N–H and O–H groups in total. The van der Waals surface area contributed by atoms with Crippen molar-refractivity contribution in [3.05, 3.63) is 14.1 Å². The van der Waals surface area contributed by atoms with Gasteiger partial charge in [0.15, 0.2) is 0 Å². The molecule has 1 fully saturated rings. The largest absolute Gasteiger partial charge is 0.319 e. The third-order valence-corrected chi connectivity index (χ3v) is 4.59. The fourth-order valence-corrected chi connectivity index (χ4v) is 3.45. The highest BCUT2D eigenvalue weighted by molar-refractivity contribution is 14.1. The highest BCUT2D eigenvalue weighted by atomic mass is 127. The SMILES string of the molecule is NC1(c2ncc(I)s2)CCCCC1. The molecule has 0 saturated heterocycles. The van der Waals surface area contributed by atoms with E-state index in [9.17, 15) is 0 Å². The van der Waals surface area contributed by atoms with Crippen LogP contribution < -0.4 is 5.73 Å². The summed E-state index contributed by atoms with van der Waals surface area (Å²) in [5.74, 6) is 0. The van der Waals surface area contributed by atoms with Crippen molar-refractivity contribution >= 4 is 33.9 Å². The molecule has 2 rings (SSSR count). The first kappa shape index (κ1) is 9.86. The first-order valence-corrected chi connectivity index (χ1v) is 6.51. The van der Waals surface area contributed by atoms with E-state index in [1.54, 1.807) is 11.3 Å². The molecule has 0 amide bonds.